The molecule has 1 rings (SSSR count). The summed E-state index contributed by atoms with van der Waals surface area (Å²) < 4.78 is 0. The van der Waals surface area contributed by atoms with Crippen LogP contribution >= 0.6 is 22.9 Å². The van der Waals surface area contributed by atoms with Crippen LogP contribution in [0.4, 0.5) is 5.13 Å². The van der Waals surface area contributed by atoms with Gasteiger partial charge in [-0.1, -0.05) is 22.9 Å². The summed E-state index contributed by atoms with van der Waals surface area (Å²) in [5, 5.41) is 9.28. The number of carbonyl (C=O) groups excluding carboxylic acids is 1. The molecule has 0 saturated heterocycles. The van der Waals surface area contributed by atoms with Gasteiger partial charge in [0.25, 0.3) is 0 Å². The summed E-state index contributed by atoms with van der Waals surface area (Å²) in [6, 6.07) is 2.04. The standard InChI is InChI=1S/C8H8ClN3OS/c1-12(4-2-3-10)8-11-7(9)6(5-13)14-8/h5H,2,4H2,1H3. The Morgan fingerprint density at radius 3 is 3.00 bits per heavy atom. The van der Waals surface area contributed by atoms with E-state index in [1.165, 1.54) is 11.3 Å². The molecule has 0 aliphatic heterocycles. The van der Waals surface area contributed by atoms with Gasteiger partial charge in [-0.2, -0.15) is 5.26 Å². The van der Waals surface area contributed by atoms with Crippen LogP contribution in [0.1, 0.15) is 16.1 Å². The summed E-state index contributed by atoms with van der Waals surface area (Å²) >= 11 is 6.92. The predicted octanol–water partition coefficient (Wildman–Crippen LogP) is 1.96. The monoisotopic (exact) mass is 229 g/mol. The molecule has 4 nitrogen and oxygen atoms in total. The average molecular weight is 230 g/mol. The zero-order valence-corrected chi connectivity index (χ0v) is 9.10. The third kappa shape index (κ3) is 2.44. The first-order chi connectivity index (χ1) is 6.69. The normalized spacial score (nSPS) is 9.50. The van der Waals surface area contributed by atoms with Crippen LogP contribution < -0.4 is 4.90 Å². The van der Waals surface area contributed by atoms with Crippen molar-refractivity contribution in [2.75, 3.05) is 18.5 Å². The molecule has 0 saturated carbocycles. The Morgan fingerprint density at radius 2 is 2.50 bits per heavy atom. The van der Waals surface area contributed by atoms with Crippen LogP contribution in [0.15, 0.2) is 0 Å². The molecule has 0 bridgehead atoms. The van der Waals surface area contributed by atoms with Crippen molar-refractivity contribution < 1.29 is 4.79 Å². The first-order valence-corrected chi connectivity index (χ1v) is 5.08. The van der Waals surface area contributed by atoms with Gasteiger partial charge >= 0.3 is 0 Å². The molecule has 1 aromatic heterocycles. The van der Waals surface area contributed by atoms with Crippen LogP contribution in [0.25, 0.3) is 0 Å². The molecule has 14 heavy (non-hydrogen) atoms. The fourth-order valence-corrected chi connectivity index (χ4v) is 1.90. The van der Waals surface area contributed by atoms with E-state index in [0.717, 1.165) is 0 Å². The van der Waals surface area contributed by atoms with Gasteiger partial charge in [0.15, 0.2) is 16.6 Å². The van der Waals surface area contributed by atoms with E-state index >= 15 is 0 Å². The minimum absolute atomic E-state index is 0.226. The Labute approximate surface area is 90.7 Å². The van der Waals surface area contributed by atoms with E-state index in [1.807, 2.05) is 6.07 Å². The Kier molecular flexibility index (Phi) is 3.86. The number of halogens is 1. The first-order valence-electron chi connectivity index (χ1n) is 3.88. The Morgan fingerprint density at radius 1 is 1.79 bits per heavy atom. The van der Waals surface area contributed by atoms with Gasteiger partial charge in [0, 0.05) is 13.6 Å². The van der Waals surface area contributed by atoms with Gasteiger partial charge in [-0.05, 0) is 0 Å². The maximum absolute atomic E-state index is 10.5. The molecular formula is C8H8ClN3OS. The maximum Gasteiger partial charge on any atom is 0.187 e. The smallest absolute Gasteiger partial charge is 0.187 e. The third-order valence-corrected chi connectivity index (χ3v) is 3.09. The van der Waals surface area contributed by atoms with Crippen molar-refractivity contribution in [2.45, 2.75) is 6.42 Å². The zero-order valence-electron chi connectivity index (χ0n) is 7.53. The highest BCUT2D eigenvalue weighted by Gasteiger charge is 2.11. The van der Waals surface area contributed by atoms with E-state index in [0.29, 0.717) is 29.3 Å². The molecule has 0 aliphatic carbocycles. The second kappa shape index (κ2) is 4.94. The van der Waals surface area contributed by atoms with Crippen LogP contribution in [-0.4, -0.2) is 24.9 Å². The highest BCUT2D eigenvalue weighted by Crippen LogP contribution is 2.27. The van der Waals surface area contributed by atoms with E-state index in [-0.39, 0.29) is 5.15 Å². The van der Waals surface area contributed by atoms with Gasteiger partial charge in [-0.15, -0.1) is 0 Å². The highest BCUT2D eigenvalue weighted by molar-refractivity contribution is 7.17. The maximum atomic E-state index is 10.5. The number of nitrogens with zero attached hydrogens (tertiary/aromatic N) is 3. The van der Waals surface area contributed by atoms with Crippen LogP contribution in [0, 0.1) is 11.3 Å². The SMILES string of the molecule is CN(CCC#N)c1nc(Cl)c(C=O)s1. The summed E-state index contributed by atoms with van der Waals surface area (Å²) in [7, 11) is 1.81. The third-order valence-electron chi connectivity index (χ3n) is 1.59. The number of anilines is 1. The minimum Gasteiger partial charge on any atom is -0.350 e. The van der Waals surface area contributed by atoms with Gasteiger partial charge in [0.2, 0.25) is 0 Å². The average Bonchev–Trinajstić information content (AvgIpc) is 2.56. The summed E-state index contributed by atoms with van der Waals surface area (Å²) in [5.41, 5.74) is 0. The van der Waals surface area contributed by atoms with Crippen molar-refractivity contribution in [3.05, 3.63) is 10.0 Å². The molecule has 1 aromatic rings. The van der Waals surface area contributed by atoms with Crippen molar-refractivity contribution in [1.29, 1.82) is 5.26 Å². The number of aromatic nitrogens is 1. The number of hydrogen-bond acceptors (Lipinski definition) is 5. The van der Waals surface area contributed by atoms with E-state index in [9.17, 15) is 4.79 Å². The predicted molar refractivity (Wildman–Crippen MR) is 56.0 cm³/mol. The molecule has 0 radical (unpaired) electrons. The largest absolute Gasteiger partial charge is 0.350 e. The summed E-state index contributed by atoms with van der Waals surface area (Å²) in [6.45, 7) is 0.582. The second-order valence-corrected chi connectivity index (χ2v) is 3.97. The van der Waals surface area contributed by atoms with Gasteiger partial charge in [-0.25, -0.2) is 4.98 Å². The van der Waals surface area contributed by atoms with Crippen LogP contribution in [-0.2, 0) is 0 Å². The van der Waals surface area contributed by atoms with Gasteiger partial charge in [0.1, 0.15) is 4.88 Å². The quantitative estimate of drug-likeness (QED) is 0.741. The van der Waals surface area contributed by atoms with Gasteiger partial charge in [0.05, 0.1) is 12.5 Å². The molecule has 74 valence electrons. The molecule has 6 heteroatoms. The molecule has 0 spiro atoms. The topological polar surface area (TPSA) is 57.0 Å². The zero-order chi connectivity index (χ0) is 10.6. The molecule has 0 aliphatic rings. The lowest BCUT2D eigenvalue weighted by Gasteiger charge is -2.12. The van der Waals surface area contributed by atoms with E-state index < -0.39 is 0 Å². The minimum atomic E-state index is 0.226. The lowest BCUT2D eigenvalue weighted by molar-refractivity contribution is 0.112. The van der Waals surface area contributed by atoms with Crippen molar-refractivity contribution in [3.63, 3.8) is 0 Å². The molecule has 0 fully saturated rings. The summed E-state index contributed by atoms with van der Waals surface area (Å²) in [5.74, 6) is 0. The molecule has 1 heterocycles. The Hall–Kier alpha value is -1.12. The summed E-state index contributed by atoms with van der Waals surface area (Å²) in [6.07, 6.45) is 1.10. The first kappa shape index (κ1) is 11.0. The molecular weight excluding hydrogens is 222 g/mol. The number of nitriles is 1. The van der Waals surface area contributed by atoms with Gasteiger partial charge in [-0.3, -0.25) is 4.79 Å². The second-order valence-electron chi connectivity index (χ2n) is 2.60. The molecule has 0 aromatic carbocycles. The Balaban J connectivity index is 2.76. The number of thiazole rings is 1. The van der Waals surface area contributed by atoms with E-state index in [1.54, 1.807) is 11.9 Å². The lowest BCUT2D eigenvalue weighted by Crippen LogP contribution is -2.17. The highest BCUT2D eigenvalue weighted by atomic mass is 35.5. The number of carbonyl (C=O) groups is 1. The van der Waals surface area contributed by atoms with Crippen molar-refractivity contribution >= 4 is 34.4 Å². The van der Waals surface area contributed by atoms with Crippen molar-refractivity contribution in [1.82, 2.24) is 4.98 Å². The van der Waals surface area contributed by atoms with Crippen molar-refractivity contribution in [3.8, 4) is 6.07 Å². The molecule has 0 N–H and O–H groups in total. The van der Waals surface area contributed by atoms with Crippen LogP contribution in [0.5, 0.6) is 0 Å². The fourth-order valence-electron chi connectivity index (χ4n) is 0.852. The summed E-state index contributed by atoms with van der Waals surface area (Å²) in [4.78, 5) is 16.7. The molecule has 0 unspecified atom stereocenters. The molecule has 0 atom stereocenters. The lowest BCUT2D eigenvalue weighted by atomic mass is 10.4. The number of rotatable bonds is 4. The molecule has 0 amide bonds. The van der Waals surface area contributed by atoms with Crippen molar-refractivity contribution in [2.24, 2.45) is 0 Å². The van der Waals surface area contributed by atoms with Crippen LogP contribution in [0.2, 0.25) is 5.15 Å². The Bertz CT molecular complexity index is 371. The fraction of sp³-hybridized carbons (Fsp3) is 0.375. The van der Waals surface area contributed by atoms with E-state index in [4.69, 9.17) is 16.9 Å². The van der Waals surface area contributed by atoms with Gasteiger partial charge < -0.3 is 4.90 Å². The van der Waals surface area contributed by atoms with Crippen LogP contribution in [0.3, 0.4) is 0 Å². The number of hydrogen-bond donors (Lipinski definition) is 0. The van der Waals surface area contributed by atoms with E-state index in [2.05, 4.69) is 4.98 Å². The number of aldehydes is 1.